The first-order valence-electron chi connectivity index (χ1n) is 5.36. The van der Waals surface area contributed by atoms with Gasteiger partial charge in [0.15, 0.2) is 0 Å². The van der Waals surface area contributed by atoms with Gasteiger partial charge in [-0.15, -0.1) is 0 Å². The van der Waals surface area contributed by atoms with Crippen molar-refractivity contribution in [1.82, 2.24) is 4.98 Å². The monoisotopic (exact) mass is 296 g/mol. The Morgan fingerprint density at radius 1 is 1.21 bits per heavy atom. The molecule has 0 fully saturated rings. The Labute approximate surface area is 120 Å². The molecule has 0 aliphatic heterocycles. The van der Waals surface area contributed by atoms with Crippen LogP contribution in [0.2, 0.25) is 10.0 Å². The van der Waals surface area contributed by atoms with Crippen LogP contribution in [0.25, 0.3) is 0 Å². The summed E-state index contributed by atoms with van der Waals surface area (Å²) in [6.45, 7) is 0. The Morgan fingerprint density at radius 2 is 1.89 bits per heavy atom. The highest BCUT2D eigenvalue weighted by Crippen LogP contribution is 2.22. The third-order valence-electron chi connectivity index (χ3n) is 2.33. The minimum absolute atomic E-state index is 0.298. The number of pyridine rings is 1. The van der Waals surface area contributed by atoms with Crippen LogP contribution in [0, 0.1) is 0 Å². The molecule has 0 aliphatic rings. The third-order valence-corrected chi connectivity index (χ3v) is 2.76. The van der Waals surface area contributed by atoms with Crippen LogP contribution in [0.5, 0.6) is 5.88 Å². The highest BCUT2D eigenvalue weighted by Gasteiger charge is 2.08. The molecule has 1 aromatic carbocycles. The summed E-state index contributed by atoms with van der Waals surface area (Å²) in [5, 5.41) is 3.60. The van der Waals surface area contributed by atoms with E-state index < -0.39 is 0 Å². The normalized spacial score (nSPS) is 10.1. The van der Waals surface area contributed by atoms with E-state index in [0.717, 1.165) is 0 Å². The number of benzene rings is 1. The average molecular weight is 297 g/mol. The zero-order valence-corrected chi connectivity index (χ0v) is 11.5. The molecule has 0 saturated heterocycles. The predicted molar refractivity (Wildman–Crippen MR) is 75.2 cm³/mol. The average Bonchev–Trinajstić information content (AvgIpc) is 2.37. The van der Waals surface area contributed by atoms with Crippen LogP contribution in [0.15, 0.2) is 36.5 Å². The van der Waals surface area contributed by atoms with Crippen molar-refractivity contribution in [2.45, 2.75) is 0 Å². The van der Waals surface area contributed by atoms with Gasteiger partial charge in [0.2, 0.25) is 5.88 Å². The maximum absolute atomic E-state index is 12.0. The fraction of sp³-hybridized carbons (Fsp3) is 0.0769. The lowest BCUT2D eigenvalue weighted by molar-refractivity contribution is 0.102. The van der Waals surface area contributed by atoms with Crippen LogP contribution in [-0.2, 0) is 0 Å². The van der Waals surface area contributed by atoms with Crippen molar-refractivity contribution in [3.05, 3.63) is 52.1 Å². The second kappa shape index (κ2) is 5.91. The van der Waals surface area contributed by atoms with E-state index in [1.54, 1.807) is 30.3 Å². The van der Waals surface area contributed by atoms with Crippen LogP contribution < -0.4 is 10.1 Å². The summed E-state index contributed by atoms with van der Waals surface area (Å²) in [5.41, 5.74) is 0.940. The molecule has 2 aromatic rings. The van der Waals surface area contributed by atoms with Crippen LogP contribution in [-0.4, -0.2) is 18.0 Å². The fourth-order valence-electron chi connectivity index (χ4n) is 1.46. The lowest BCUT2D eigenvalue weighted by atomic mass is 10.2. The van der Waals surface area contributed by atoms with E-state index in [1.165, 1.54) is 13.3 Å². The summed E-state index contributed by atoms with van der Waals surface area (Å²) in [5.74, 6) is 0.149. The minimum atomic E-state index is -0.298. The van der Waals surface area contributed by atoms with E-state index in [4.69, 9.17) is 27.9 Å². The SMILES string of the molecule is COc1ccc(C(=O)Nc2cc(Cl)cc(Cl)c2)cn1. The fourth-order valence-corrected chi connectivity index (χ4v) is 1.99. The number of aromatic nitrogens is 1. The lowest BCUT2D eigenvalue weighted by Gasteiger charge is -2.06. The molecule has 1 aromatic heterocycles. The zero-order chi connectivity index (χ0) is 13.8. The van der Waals surface area contributed by atoms with Gasteiger partial charge in [0.05, 0.1) is 12.7 Å². The number of halogens is 2. The van der Waals surface area contributed by atoms with Gasteiger partial charge in [0.25, 0.3) is 5.91 Å². The van der Waals surface area contributed by atoms with Crippen molar-refractivity contribution in [3.63, 3.8) is 0 Å². The van der Waals surface area contributed by atoms with Crippen LogP contribution in [0.1, 0.15) is 10.4 Å². The van der Waals surface area contributed by atoms with Crippen LogP contribution >= 0.6 is 23.2 Å². The van der Waals surface area contributed by atoms with E-state index in [2.05, 4.69) is 10.3 Å². The molecule has 1 N–H and O–H groups in total. The summed E-state index contributed by atoms with van der Waals surface area (Å²) < 4.78 is 4.92. The highest BCUT2D eigenvalue weighted by molar-refractivity contribution is 6.35. The number of nitrogens with zero attached hydrogens (tertiary/aromatic N) is 1. The van der Waals surface area contributed by atoms with Crippen molar-refractivity contribution < 1.29 is 9.53 Å². The number of ether oxygens (including phenoxy) is 1. The largest absolute Gasteiger partial charge is 0.481 e. The van der Waals surface area contributed by atoms with E-state index in [0.29, 0.717) is 27.2 Å². The van der Waals surface area contributed by atoms with Gasteiger partial charge in [-0.1, -0.05) is 23.2 Å². The molecule has 2 rings (SSSR count). The van der Waals surface area contributed by atoms with Gasteiger partial charge in [0, 0.05) is 28.0 Å². The first-order valence-corrected chi connectivity index (χ1v) is 6.11. The van der Waals surface area contributed by atoms with Crippen molar-refractivity contribution in [2.75, 3.05) is 12.4 Å². The molecule has 1 amide bonds. The van der Waals surface area contributed by atoms with E-state index in [9.17, 15) is 4.79 Å². The Bertz CT molecular complexity index is 580. The van der Waals surface area contributed by atoms with Gasteiger partial charge in [-0.2, -0.15) is 0 Å². The number of anilines is 1. The van der Waals surface area contributed by atoms with Gasteiger partial charge in [0.1, 0.15) is 0 Å². The van der Waals surface area contributed by atoms with Gasteiger partial charge in [-0.05, 0) is 24.3 Å². The number of methoxy groups -OCH3 is 1. The number of hydrogen-bond acceptors (Lipinski definition) is 3. The number of carbonyl (C=O) groups is 1. The standard InChI is InChI=1S/C13H10Cl2N2O2/c1-19-12-3-2-8(7-16-12)13(18)17-11-5-9(14)4-10(15)6-11/h2-7H,1H3,(H,17,18). The quantitative estimate of drug-likeness (QED) is 0.940. The lowest BCUT2D eigenvalue weighted by Crippen LogP contribution is -2.12. The molecule has 4 nitrogen and oxygen atoms in total. The molecule has 0 bridgehead atoms. The summed E-state index contributed by atoms with van der Waals surface area (Å²) in [4.78, 5) is 15.9. The highest BCUT2D eigenvalue weighted by atomic mass is 35.5. The van der Waals surface area contributed by atoms with Crippen molar-refractivity contribution in [1.29, 1.82) is 0 Å². The molecule has 0 atom stereocenters. The number of hydrogen-bond donors (Lipinski definition) is 1. The molecule has 0 unspecified atom stereocenters. The summed E-state index contributed by atoms with van der Waals surface area (Å²) in [6, 6.07) is 8.05. The van der Waals surface area contributed by atoms with Crippen molar-refractivity contribution in [2.24, 2.45) is 0 Å². The second-order valence-electron chi connectivity index (χ2n) is 3.70. The molecular weight excluding hydrogens is 287 g/mol. The molecule has 98 valence electrons. The first kappa shape index (κ1) is 13.6. The summed E-state index contributed by atoms with van der Waals surface area (Å²) in [7, 11) is 1.51. The van der Waals surface area contributed by atoms with Crippen molar-refractivity contribution in [3.8, 4) is 5.88 Å². The number of amides is 1. The topological polar surface area (TPSA) is 51.2 Å². The van der Waals surface area contributed by atoms with Gasteiger partial charge >= 0.3 is 0 Å². The Morgan fingerprint density at radius 3 is 2.42 bits per heavy atom. The molecule has 19 heavy (non-hydrogen) atoms. The Hall–Kier alpha value is -1.78. The van der Waals surface area contributed by atoms with Crippen LogP contribution in [0.3, 0.4) is 0 Å². The second-order valence-corrected chi connectivity index (χ2v) is 4.57. The smallest absolute Gasteiger partial charge is 0.257 e. The van der Waals surface area contributed by atoms with Crippen LogP contribution in [0.4, 0.5) is 5.69 Å². The Balaban J connectivity index is 2.15. The summed E-state index contributed by atoms with van der Waals surface area (Å²) >= 11 is 11.7. The number of rotatable bonds is 3. The molecule has 0 spiro atoms. The molecule has 1 heterocycles. The van der Waals surface area contributed by atoms with E-state index in [-0.39, 0.29) is 5.91 Å². The van der Waals surface area contributed by atoms with Gasteiger partial charge in [-0.3, -0.25) is 4.79 Å². The molecular formula is C13H10Cl2N2O2. The molecule has 6 heteroatoms. The first-order chi connectivity index (χ1) is 9.08. The maximum Gasteiger partial charge on any atom is 0.257 e. The van der Waals surface area contributed by atoms with E-state index in [1.807, 2.05) is 0 Å². The summed E-state index contributed by atoms with van der Waals surface area (Å²) in [6.07, 6.45) is 1.43. The predicted octanol–water partition coefficient (Wildman–Crippen LogP) is 3.65. The van der Waals surface area contributed by atoms with Crippen molar-refractivity contribution >= 4 is 34.8 Å². The number of carbonyl (C=O) groups excluding carboxylic acids is 1. The Kier molecular flexibility index (Phi) is 4.24. The molecule has 0 saturated carbocycles. The number of nitrogens with one attached hydrogen (secondary N) is 1. The molecule has 0 radical (unpaired) electrons. The molecule has 0 aliphatic carbocycles. The zero-order valence-electron chi connectivity index (χ0n) is 9.98. The van der Waals surface area contributed by atoms with E-state index >= 15 is 0 Å². The minimum Gasteiger partial charge on any atom is -0.481 e. The maximum atomic E-state index is 12.0. The third kappa shape index (κ3) is 3.59. The van der Waals surface area contributed by atoms with Gasteiger partial charge in [-0.25, -0.2) is 4.98 Å². The van der Waals surface area contributed by atoms with Gasteiger partial charge < -0.3 is 10.1 Å².